The van der Waals surface area contributed by atoms with Crippen molar-refractivity contribution in [2.24, 2.45) is 0 Å². The number of rotatable bonds is 4. The zero-order chi connectivity index (χ0) is 18.7. The van der Waals surface area contributed by atoms with E-state index >= 15 is 0 Å². The van der Waals surface area contributed by atoms with Crippen LogP contribution in [0, 0.1) is 13.8 Å². The molecule has 2 N–H and O–H groups in total. The van der Waals surface area contributed by atoms with E-state index in [2.05, 4.69) is 15.6 Å². The first-order chi connectivity index (χ1) is 12.5. The zero-order valence-corrected chi connectivity index (χ0v) is 16.6. The molecule has 0 saturated heterocycles. The first-order valence-corrected chi connectivity index (χ1v) is 9.54. The minimum Gasteiger partial charge on any atom is -0.333 e. The third-order valence-electron chi connectivity index (χ3n) is 3.92. The maximum absolute atomic E-state index is 12.2. The molecular formula is C19H17Cl2N3OS. The van der Waals surface area contributed by atoms with Crippen LogP contribution in [0.5, 0.6) is 0 Å². The Balaban J connectivity index is 1.67. The lowest BCUT2D eigenvalue weighted by Gasteiger charge is -2.10. The van der Waals surface area contributed by atoms with E-state index in [9.17, 15) is 4.79 Å². The van der Waals surface area contributed by atoms with Crippen LogP contribution in [0.15, 0.2) is 42.5 Å². The number of aromatic nitrogens is 1. The van der Waals surface area contributed by atoms with Gasteiger partial charge in [0.25, 0.3) is 0 Å². The molecule has 4 nitrogen and oxygen atoms in total. The first kappa shape index (κ1) is 18.7. The van der Waals surface area contributed by atoms with E-state index in [4.69, 9.17) is 23.2 Å². The Morgan fingerprint density at radius 3 is 2.58 bits per heavy atom. The third-order valence-corrected chi connectivity index (χ3v) is 5.85. The molecule has 134 valence electrons. The summed E-state index contributed by atoms with van der Waals surface area (Å²) in [5.74, 6) is 0. The molecule has 2 amide bonds. The normalized spacial score (nSPS) is 10.6. The van der Waals surface area contributed by atoms with Crippen molar-refractivity contribution in [2.75, 3.05) is 5.32 Å². The minimum atomic E-state index is -0.289. The van der Waals surface area contributed by atoms with Gasteiger partial charge >= 0.3 is 6.03 Å². The number of nitrogens with zero attached hydrogens (tertiary/aromatic N) is 1. The molecule has 3 aromatic rings. The molecule has 0 aliphatic carbocycles. The number of hydrogen-bond acceptors (Lipinski definition) is 3. The minimum absolute atomic E-state index is 0.289. The molecule has 3 rings (SSSR count). The highest BCUT2D eigenvalue weighted by Crippen LogP contribution is 2.32. The molecule has 0 aliphatic heterocycles. The Bertz CT molecular complexity index is 956. The maximum Gasteiger partial charge on any atom is 0.319 e. The smallest absolute Gasteiger partial charge is 0.319 e. The van der Waals surface area contributed by atoms with E-state index in [0.29, 0.717) is 22.3 Å². The molecule has 2 aromatic carbocycles. The number of nitrogens with one attached hydrogen (secondary N) is 2. The standard InChI is InChI=1S/C19H17Cl2N3OS/c1-11-14(20)8-5-9-16(11)24-19(25)22-10-17-12(2)23-18(26-17)13-6-3-4-7-15(13)21/h3-9H,10H2,1-2H3,(H2,22,24,25). The van der Waals surface area contributed by atoms with Crippen molar-refractivity contribution in [3.63, 3.8) is 0 Å². The van der Waals surface area contributed by atoms with Gasteiger partial charge in [-0.15, -0.1) is 11.3 Å². The van der Waals surface area contributed by atoms with E-state index in [0.717, 1.165) is 26.7 Å². The van der Waals surface area contributed by atoms with E-state index in [1.807, 2.05) is 44.2 Å². The van der Waals surface area contributed by atoms with Crippen LogP contribution >= 0.6 is 34.5 Å². The summed E-state index contributed by atoms with van der Waals surface area (Å²) in [6.45, 7) is 4.17. The molecule has 1 aromatic heterocycles. The van der Waals surface area contributed by atoms with Gasteiger partial charge in [-0.2, -0.15) is 0 Å². The fourth-order valence-electron chi connectivity index (χ4n) is 2.41. The van der Waals surface area contributed by atoms with Crippen LogP contribution < -0.4 is 10.6 Å². The Morgan fingerprint density at radius 1 is 1.08 bits per heavy atom. The molecular weight excluding hydrogens is 389 g/mol. The van der Waals surface area contributed by atoms with Crippen LogP contribution in [0.3, 0.4) is 0 Å². The molecule has 0 unspecified atom stereocenters. The van der Waals surface area contributed by atoms with E-state index in [1.165, 1.54) is 11.3 Å². The molecule has 0 bridgehead atoms. The predicted octanol–water partition coefficient (Wildman–Crippen LogP) is 6.06. The number of benzene rings is 2. The summed E-state index contributed by atoms with van der Waals surface area (Å²) < 4.78 is 0. The molecule has 0 radical (unpaired) electrons. The van der Waals surface area contributed by atoms with Gasteiger partial charge in [-0.3, -0.25) is 0 Å². The van der Waals surface area contributed by atoms with Crippen LogP contribution in [-0.4, -0.2) is 11.0 Å². The summed E-state index contributed by atoms with van der Waals surface area (Å²) >= 11 is 13.8. The maximum atomic E-state index is 12.2. The Hall–Kier alpha value is -2.08. The second-order valence-corrected chi connectivity index (χ2v) is 7.63. The predicted molar refractivity (Wildman–Crippen MR) is 109 cm³/mol. The number of thiazole rings is 1. The van der Waals surface area contributed by atoms with Gasteiger partial charge in [0.2, 0.25) is 0 Å². The molecule has 1 heterocycles. The SMILES string of the molecule is Cc1nc(-c2ccccc2Cl)sc1CNC(=O)Nc1cccc(Cl)c1C. The van der Waals surface area contributed by atoms with Crippen molar-refractivity contribution >= 4 is 46.3 Å². The molecule has 0 aliphatic rings. The van der Waals surface area contributed by atoms with E-state index in [-0.39, 0.29) is 6.03 Å². The van der Waals surface area contributed by atoms with Crippen molar-refractivity contribution in [3.8, 4) is 10.6 Å². The van der Waals surface area contributed by atoms with Gasteiger partial charge in [0.05, 0.1) is 17.3 Å². The Labute approximate surface area is 166 Å². The van der Waals surface area contributed by atoms with Crippen molar-refractivity contribution in [2.45, 2.75) is 20.4 Å². The van der Waals surface area contributed by atoms with Crippen LogP contribution in [0.25, 0.3) is 10.6 Å². The van der Waals surface area contributed by atoms with Crippen molar-refractivity contribution in [1.82, 2.24) is 10.3 Å². The zero-order valence-electron chi connectivity index (χ0n) is 14.3. The van der Waals surface area contributed by atoms with Gasteiger partial charge in [-0.1, -0.05) is 47.5 Å². The monoisotopic (exact) mass is 405 g/mol. The average Bonchev–Trinajstić information content (AvgIpc) is 2.98. The number of anilines is 1. The number of hydrogen-bond donors (Lipinski definition) is 2. The highest BCUT2D eigenvalue weighted by atomic mass is 35.5. The quantitative estimate of drug-likeness (QED) is 0.554. The van der Waals surface area contributed by atoms with Gasteiger partial charge in [-0.25, -0.2) is 9.78 Å². The first-order valence-electron chi connectivity index (χ1n) is 7.97. The largest absolute Gasteiger partial charge is 0.333 e. The lowest BCUT2D eigenvalue weighted by atomic mass is 10.2. The van der Waals surface area contributed by atoms with Gasteiger partial charge < -0.3 is 10.6 Å². The molecule has 0 atom stereocenters. The van der Waals surface area contributed by atoms with E-state index in [1.54, 1.807) is 12.1 Å². The molecule has 26 heavy (non-hydrogen) atoms. The summed E-state index contributed by atoms with van der Waals surface area (Å²) in [4.78, 5) is 17.7. The highest BCUT2D eigenvalue weighted by molar-refractivity contribution is 7.15. The third kappa shape index (κ3) is 4.18. The number of carbonyl (C=O) groups is 1. The van der Waals surface area contributed by atoms with Crippen molar-refractivity contribution in [3.05, 3.63) is 68.6 Å². The molecule has 0 saturated carbocycles. The molecule has 0 fully saturated rings. The van der Waals surface area contributed by atoms with Crippen molar-refractivity contribution in [1.29, 1.82) is 0 Å². The topological polar surface area (TPSA) is 54.0 Å². The fraction of sp³-hybridized carbons (Fsp3) is 0.158. The number of amides is 2. The fourth-order valence-corrected chi connectivity index (χ4v) is 3.91. The second kappa shape index (κ2) is 8.08. The van der Waals surface area contributed by atoms with Crippen LogP contribution in [0.4, 0.5) is 10.5 Å². The second-order valence-electron chi connectivity index (χ2n) is 5.73. The summed E-state index contributed by atoms with van der Waals surface area (Å²) in [6, 6.07) is 12.7. The van der Waals surface area contributed by atoms with Crippen LogP contribution in [-0.2, 0) is 6.54 Å². The van der Waals surface area contributed by atoms with Crippen LogP contribution in [0.1, 0.15) is 16.1 Å². The highest BCUT2D eigenvalue weighted by Gasteiger charge is 2.13. The van der Waals surface area contributed by atoms with Crippen molar-refractivity contribution < 1.29 is 4.79 Å². The van der Waals surface area contributed by atoms with Gasteiger partial charge in [0.15, 0.2) is 0 Å². The summed E-state index contributed by atoms with van der Waals surface area (Å²) in [5.41, 5.74) is 3.30. The Kier molecular flexibility index (Phi) is 5.81. The van der Waals surface area contributed by atoms with Gasteiger partial charge in [-0.05, 0) is 37.6 Å². The van der Waals surface area contributed by atoms with Gasteiger partial charge in [0, 0.05) is 21.2 Å². The molecule has 0 spiro atoms. The number of carbonyl (C=O) groups excluding carboxylic acids is 1. The number of halogens is 2. The lowest BCUT2D eigenvalue weighted by molar-refractivity contribution is 0.252. The van der Waals surface area contributed by atoms with E-state index < -0.39 is 0 Å². The summed E-state index contributed by atoms with van der Waals surface area (Å²) in [7, 11) is 0. The van der Waals surface area contributed by atoms with Gasteiger partial charge in [0.1, 0.15) is 5.01 Å². The lowest BCUT2D eigenvalue weighted by Crippen LogP contribution is -2.28. The Morgan fingerprint density at radius 2 is 1.81 bits per heavy atom. The summed E-state index contributed by atoms with van der Waals surface area (Å²) in [5, 5.41) is 7.80. The number of urea groups is 1. The average molecular weight is 406 g/mol. The summed E-state index contributed by atoms with van der Waals surface area (Å²) in [6.07, 6.45) is 0. The molecule has 7 heteroatoms. The van der Waals surface area contributed by atoms with Crippen LogP contribution in [0.2, 0.25) is 10.0 Å². The number of aryl methyl sites for hydroxylation is 1.